The van der Waals surface area contributed by atoms with Crippen LogP contribution in [-0.2, 0) is 10.0 Å². The van der Waals surface area contributed by atoms with Crippen molar-refractivity contribution in [3.05, 3.63) is 78.7 Å². The molecule has 0 bridgehead atoms. The van der Waals surface area contributed by atoms with E-state index in [2.05, 4.69) is 5.10 Å². The zero-order chi connectivity index (χ0) is 18.3. The number of nitrogens with two attached hydrogens (primary N) is 1. The SMILES string of the molecule is NS(=O)(=O)c1ccc(-c2c(-c3ccc(F)cc3)nn3ccccc23)cc1. The van der Waals surface area contributed by atoms with E-state index in [0.29, 0.717) is 5.69 Å². The van der Waals surface area contributed by atoms with Gasteiger partial charge in [-0.25, -0.2) is 22.5 Å². The summed E-state index contributed by atoms with van der Waals surface area (Å²) >= 11 is 0. The van der Waals surface area contributed by atoms with Crippen molar-refractivity contribution in [2.75, 3.05) is 0 Å². The van der Waals surface area contributed by atoms with E-state index in [-0.39, 0.29) is 10.7 Å². The van der Waals surface area contributed by atoms with Crippen LogP contribution in [0.1, 0.15) is 0 Å². The second kappa shape index (κ2) is 6.05. The molecule has 2 N–H and O–H groups in total. The second-order valence-electron chi connectivity index (χ2n) is 5.83. The zero-order valence-electron chi connectivity index (χ0n) is 13.5. The minimum atomic E-state index is -3.76. The average Bonchev–Trinajstić information content (AvgIpc) is 3.01. The molecule has 4 rings (SSSR count). The van der Waals surface area contributed by atoms with Crippen molar-refractivity contribution in [1.82, 2.24) is 9.61 Å². The highest BCUT2D eigenvalue weighted by Crippen LogP contribution is 2.35. The molecule has 0 aliphatic heterocycles. The molecule has 0 radical (unpaired) electrons. The molecule has 0 saturated carbocycles. The van der Waals surface area contributed by atoms with Gasteiger partial charge in [-0.1, -0.05) is 18.2 Å². The molecule has 26 heavy (non-hydrogen) atoms. The van der Waals surface area contributed by atoms with Gasteiger partial charge in [-0.3, -0.25) is 0 Å². The number of nitrogens with zero attached hydrogens (tertiary/aromatic N) is 2. The number of hydrogen-bond acceptors (Lipinski definition) is 3. The first-order valence-corrected chi connectivity index (χ1v) is 9.35. The van der Waals surface area contributed by atoms with Crippen molar-refractivity contribution >= 4 is 15.5 Å². The van der Waals surface area contributed by atoms with Crippen molar-refractivity contribution < 1.29 is 12.8 Å². The van der Waals surface area contributed by atoms with Crippen molar-refractivity contribution in [1.29, 1.82) is 0 Å². The van der Waals surface area contributed by atoms with Crippen LogP contribution in [0.25, 0.3) is 27.9 Å². The lowest BCUT2D eigenvalue weighted by Gasteiger charge is -2.05. The number of rotatable bonds is 3. The summed E-state index contributed by atoms with van der Waals surface area (Å²) in [6.45, 7) is 0. The Hall–Kier alpha value is -3.03. The smallest absolute Gasteiger partial charge is 0.238 e. The van der Waals surface area contributed by atoms with Crippen molar-refractivity contribution in [3.63, 3.8) is 0 Å². The molecule has 2 heterocycles. The summed E-state index contributed by atoms with van der Waals surface area (Å²) < 4.78 is 38.0. The van der Waals surface area contributed by atoms with E-state index >= 15 is 0 Å². The van der Waals surface area contributed by atoms with Gasteiger partial charge in [0.2, 0.25) is 10.0 Å². The molecule has 0 spiro atoms. The summed E-state index contributed by atoms with van der Waals surface area (Å²) in [5.74, 6) is -0.323. The van der Waals surface area contributed by atoms with Gasteiger partial charge in [0.05, 0.1) is 10.4 Å². The number of benzene rings is 2. The minimum Gasteiger partial charge on any atom is -0.240 e. The Morgan fingerprint density at radius 1 is 0.885 bits per heavy atom. The monoisotopic (exact) mass is 367 g/mol. The molecule has 4 aromatic rings. The van der Waals surface area contributed by atoms with Gasteiger partial charge >= 0.3 is 0 Å². The predicted molar refractivity (Wildman–Crippen MR) is 97.4 cm³/mol. The largest absolute Gasteiger partial charge is 0.240 e. The van der Waals surface area contributed by atoms with Gasteiger partial charge < -0.3 is 0 Å². The number of hydrogen-bond donors (Lipinski definition) is 1. The maximum Gasteiger partial charge on any atom is 0.238 e. The van der Waals surface area contributed by atoms with Crippen LogP contribution in [-0.4, -0.2) is 18.0 Å². The van der Waals surface area contributed by atoms with Gasteiger partial charge in [-0.2, -0.15) is 5.10 Å². The Labute approximate surface area is 149 Å². The first-order chi connectivity index (χ1) is 12.4. The van der Waals surface area contributed by atoms with Gasteiger partial charge in [0.1, 0.15) is 11.5 Å². The highest BCUT2D eigenvalue weighted by molar-refractivity contribution is 7.89. The molecular formula is C19H14FN3O2S. The van der Waals surface area contributed by atoms with E-state index in [1.54, 1.807) is 28.8 Å². The lowest BCUT2D eigenvalue weighted by Crippen LogP contribution is -2.11. The topological polar surface area (TPSA) is 77.5 Å². The molecule has 0 aliphatic rings. The highest BCUT2D eigenvalue weighted by Gasteiger charge is 2.17. The van der Waals surface area contributed by atoms with Crippen molar-refractivity contribution in [2.24, 2.45) is 5.14 Å². The van der Waals surface area contributed by atoms with E-state index in [0.717, 1.165) is 22.2 Å². The number of pyridine rings is 1. The third-order valence-electron chi connectivity index (χ3n) is 4.13. The van der Waals surface area contributed by atoms with Gasteiger partial charge in [0.25, 0.3) is 0 Å². The number of fused-ring (bicyclic) bond motifs is 1. The number of sulfonamides is 1. The molecule has 5 nitrogen and oxygen atoms in total. The maximum atomic E-state index is 13.3. The quantitative estimate of drug-likeness (QED) is 0.602. The first kappa shape index (κ1) is 16.4. The Bertz CT molecular complexity index is 1200. The van der Waals surface area contributed by atoms with Crippen LogP contribution in [0.5, 0.6) is 0 Å². The molecule has 0 unspecified atom stereocenters. The van der Waals surface area contributed by atoms with Crippen LogP contribution in [0.3, 0.4) is 0 Å². The number of halogens is 1. The van der Waals surface area contributed by atoms with E-state index < -0.39 is 10.0 Å². The van der Waals surface area contributed by atoms with E-state index in [1.807, 2.05) is 24.4 Å². The Morgan fingerprint density at radius 2 is 1.54 bits per heavy atom. The summed E-state index contributed by atoms with van der Waals surface area (Å²) in [5, 5.41) is 9.78. The van der Waals surface area contributed by atoms with Gasteiger partial charge in [0.15, 0.2) is 0 Å². The molecular weight excluding hydrogens is 353 g/mol. The Morgan fingerprint density at radius 3 is 2.19 bits per heavy atom. The predicted octanol–water partition coefficient (Wildman–Crippen LogP) is 3.45. The molecule has 2 aromatic carbocycles. The van der Waals surface area contributed by atoms with E-state index in [1.165, 1.54) is 24.3 Å². The molecule has 2 aromatic heterocycles. The van der Waals surface area contributed by atoms with Crippen LogP contribution in [0.4, 0.5) is 4.39 Å². The van der Waals surface area contributed by atoms with Crippen molar-refractivity contribution in [3.8, 4) is 22.4 Å². The fourth-order valence-electron chi connectivity index (χ4n) is 2.90. The Kier molecular flexibility index (Phi) is 3.82. The number of primary sulfonamides is 1. The second-order valence-corrected chi connectivity index (χ2v) is 7.39. The minimum absolute atomic E-state index is 0.0426. The van der Waals surface area contributed by atoms with Gasteiger partial charge in [0, 0.05) is 17.3 Å². The third-order valence-corrected chi connectivity index (χ3v) is 5.06. The lowest BCUT2D eigenvalue weighted by molar-refractivity contribution is 0.598. The standard InChI is InChI=1S/C19H14FN3O2S/c20-15-8-4-14(5-9-15)19-18(17-3-1-2-12-23(17)22-19)13-6-10-16(11-7-13)26(21,24)25/h1-12H,(H2,21,24,25). The summed E-state index contributed by atoms with van der Waals surface area (Å²) in [4.78, 5) is 0.0426. The molecule has 0 amide bonds. The van der Waals surface area contributed by atoms with Gasteiger partial charge in [-0.05, 0) is 54.1 Å². The Balaban J connectivity index is 1.96. The van der Waals surface area contributed by atoms with Crippen LogP contribution < -0.4 is 5.14 Å². The number of aromatic nitrogens is 2. The molecule has 7 heteroatoms. The highest BCUT2D eigenvalue weighted by atomic mass is 32.2. The third kappa shape index (κ3) is 2.87. The molecule has 130 valence electrons. The lowest BCUT2D eigenvalue weighted by atomic mass is 10.00. The molecule has 0 saturated heterocycles. The van der Waals surface area contributed by atoms with Gasteiger partial charge in [-0.15, -0.1) is 0 Å². The summed E-state index contributed by atoms with van der Waals surface area (Å²) in [5.41, 5.74) is 3.92. The van der Waals surface area contributed by atoms with Crippen LogP contribution in [0.2, 0.25) is 0 Å². The normalized spacial score (nSPS) is 11.8. The molecule has 0 aliphatic carbocycles. The first-order valence-electron chi connectivity index (χ1n) is 7.80. The van der Waals surface area contributed by atoms with Crippen LogP contribution in [0, 0.1) is 5.82 Å². The molecule has 0 fully saturated rings. The van der Waals surface area contributed by atoms with E-state index in [4.69, 9.17) is 5.14 Å². The van der Waals surface area contributed by atoms with Crippen LogP contribution >= 0.6 is 0 Å². The fraction of sp³-hybridized carbons (Fsp3) is 0. The average molecular weight is 367 g/mol. The van der Waals surface area contributed by atoms with Crippen LogP contribution in [0.15, 0.2) is 77.8 Å². The van der Waals surface area contributed by atoms with E-state index in [9.17, 15) is 12.8 Å². The zero-order valence-corrected chi connectivity index (χ0v) is 14.3. The summed E-state index contributed by atoms with van der Waals surface area (Å²) in [7, 11) is -3.76. The molecule has 0 atom stereocenters. The fourth-order valence-corrected chi connectivity index (χ4v) is 3.42. The maximum absolute atomic E-state index is 13.3. The van der Waals surface area contributed by atoms with Crippen molar-refractivity contribution in [2.45, 2.75) is 4.90 Å². The summed E-state index contributed by atoms with van der Waals surface area (Å²) in [6.07, 6.45) is 1.82. The summed E-state index contributed by atoms with van der Waals surface area (Å²) in [6, 6.07) is 18.1.